The Hall–Kier alpha value is -0.860. The van der Waals surface area contributed by atoms with E-state index in [9.17, 15) is 5.11 Å². The van der Waals surface area contributed by atoms with Gasteiger partial charge in [0, 0.05) is 12.8 Å². The second-order valence-electron chi connectivity index (χ2n) is 6.86. The van der Waals surface area contributed by atoms with E-state index < -0.39 is 5.60 Å². The molecule has 3 rings (SSSR count). The van der Waals surface area contributed by atoms with Gasteiger partial charge in [0.05, 0.1) is 17.8 Å². The topological polar surface area (TPSA) is 29.5 Å². The molecule has 1 N–H and O–H groups in total. The van der Waals surface area contributed by atoms with Crippen molar-refractivity contribution in [3.05, 3.63) is 35.4 Å². The molecule has 1 saturated carbocycles. The summed E-state index contributed by atoms with van der Waals surface area (Å²) in [6.07, 6.45) is 6.30. The first-order chi connectivity index (χ1) is 9.55. The molecule has 0 amide bonds. The molecule has 1 aromatic carbocycles. The zero-order valence-electron chi connectivity index (χ0n) is 12.7. The smallest absolute Gasteiger partial charge is 0.0945 e. The predicted octanol–water partition coefficient (Wildman–Crippen LogP) is 4.12. The van der Waals surface area contributed by atoms with Crippen LogP contribution in [0.5, 0.6) is 0 Å². The van der Waals surface area contributed by atoms with Gasteiger partial charge in [0.15, 0.2) is 0 Å². The van der Waals surface area contributed by atoms with Crippen molar-refractivity contribution in [3.63, 3.8) is 0 Å². The number of ether oxygens (including phenoxy) is 1. The maximum absolute atomic E-state index is 11.1. The fraction of sp³-hybridized carbons (Fsp3) is 0.667. The summed E-state index contributed by atoms with van der Waals surface area (Å²) in [5.41, 5.74) is 1.58. The van der Waals surface area contributed by atoms with Gasteiger partial charge in [0.25, 0.3) is 0 Å². The normalized spacial score (nSPS) is 34.8. The second-order valence-corrected chi connectivity index (χ2v) is 6.86. The van der Waals surface area contributed by atoms with Crippen LogP contribution in [0.25, 0.3) is 0 Å². The third-order valence-electron chi connectivity index (χ3n) is 5.38. The van der Waals surface area contributed by atoms with E-state index in [1.807, 2.05) is 0 Å². The highest BCUT2D eigenvalue weighted by molar-refractivity contribution is 5.32. The van der Waals surface area contributed by atoms with Crippen molar-refractivity contribution < 1.29 is 9.84 Å². The molecule has 1 aromatic rings. The van der Waals surface area contributed by atoms with Gasteiger partial charge in [-0.3, -0.25) is 0 Å². The van der Waals surface area contributed by atoms with E-state index in [-0.39, 0.29) is 5.60 Å². The number of hydrogen-bond acceptors (Lipinski definition) is 2. The van der Waals surface area contributed by atoms with Gasteiger partial charge in [-0.2, -0.15) is 0 Å². The number of hydrogen-bond donors (Lipinski definition) is 1. The van der Waals surface area contributed by atoms with Crippen LogP contribution >= 0.6 is 0 Å². The standard InChI is InChI=1S/C18H26O2/c1-3-17(2)13-18(19,10-11-20-17)16-9-5-8-15(12-16)14-6-4-7-14/h5,8-9,12,14,19H,3-4,6-7,10-11,13H2,1-2H3. The summed E-state index contributed by atoms with van der Waals surface area (Å²) < 4.78 is 5.88. The zero-order valence-corrected chi connectivity index (χ0v) is 12.7. The third-order valence-corrected chi connectivity index (χ3v) is 5.38. The highest BCUT2D eigenvalue weighted by Gasteiger charge is 2.42. The number of aliphatic hydroxyl groups is 1. The molecule has 2 heteroatoms. The molecule has 1 aliphatic heterocycles. The average molecular weight is 274 g/mol. The zero-order chi connectivity index (χ0) is 14.2. The molecular weight excluding hydrogens is 248 g/mol. The Morgan fingerprint density at radius 1 is 1.35 bits per heavy atom. The van der Waals surface area contributed by atoms with Crippen molar-refractivity contribution in [1.29, 1.82) is 0 Å². The predicted molar refractivity (Wildman–Crippen MR) is 80.8 cm³/mol. The quantitative estimate of drug-likeness (QED) is 0.898. The first kappa shape index (κ1) is 14.1. The maximum Gasteiger partial charge on any atom is 0.0945 e. The lowest BCUT2D eigenvalue weighted by Crippen LogP contribution is -2.45. The van der Waals surface area contributed by atoms with Gasteiger partial charge in [0.1, 0.15) is 0 Å². The summed E-state index contributed by atoms with van der Waals surface area (Å²) in [6, 6.07) is 8.66. The Morgan fingerprint density at radius 2 is 2.15 bits per heavy atom. The summed E-state index contributed by atoms with van der Waals surface area (Å²) in [4.78, 5) is 0. The second kappa shape index (κ2) is 5.16. The Morgan fingerprint density at radius 3 is 2.80 bits per heavy atom. The van der Waals surface area contributed by atoms with E-state index in [4.69, 9.17) is 4.74 Å². The van der Waals surface area contributed by atoms with E-state index in [1.165, 1.54) is 24.8 Å². The van der Waals surface area contributed by atoms with Gasteiger partial charge in [-0.15, -0.1) is 0 Å². The fourth-order valence-corrected chi connectivity index (χ4v) is 3.52. The molecule has 2 fully saturated rings. The third kappa shape index (κ3) is 2.51. The van der Waals surface area contributed by atoms with Crippen LogP contribution in [-0.2, 0) is 10.3 Å². The lowest BCUT2D eigenvalue weighted by Gasteiger charge is -2.43. The molecule has 1 heterocycles. The molecule has 0 spiro atoms. The first-order valence-corrected chi connectivity index (χ1v) is 8.01. The van der Waals surface area contributed by atoms with Crippen LogP contribution in [0.2, 0.25) is 0 Å². The minimum atomic E-state index is -0.719. The summed E-state index contributed by atoms with van der Waals surface area (Å²) in [6.45, 7) is 4.90. The van der Waals surface area contributed by atoms with Crippen LogP contribution in [0.4, 0.5) is 0 Å². The molecule has 0 bridgehead atoms. The van der Waals surface area contributed by atoms with Crippen LogP contribution in [-0.4, -0.2) is 17.3 Å². The summed E-state index contributed by atoms with van der Waals surface area (Å²) >= 11 is 0. The Balaban J connectivity index is 1.86. The van der Waals surface area contributed by atoms with Crippen molar-refractivity contribution >= 4 is 0 Å². The van der Waals surface area contributed by atoms with Crippen molar-refractivity contribution in [3.8, 4) is 0 Å². The van der Waals surface area contributed by atoms with E-state index in [0.29, 0.717) is 19.4 Å². The van der Waals surface area contributed by atoms with Crippen molar-refractivity contribution in [2.45, 2.75) is 69.5 Å². The molecule has 2 atom stereocenters. The van der Waals surface area contributed by atoms with E-state index in [0.717, 1.165) is 17.9 Å². The van der Waals surface area contributed by atoms with Crippen molar-refractivity contribution in [2.24, 2.45) is 0 Å². The molecule has 20 heavy (non-hydrogen) atoms. The molecule has 110 valence electrons. The maximum atomic E-state index is 11.1. The van der Waals surface area contributed by atoms with Gasteiger partial charge in [-0.05, 0) is 43.2 Å². The largest absolute Gasteiger partial charge is 0.385 e. The molecule has 1 saturated heterocycles. The van der Waals surface area contributed by atoms with Gasteiger partial charge in [-0.1, -0.05) is 37.6 Å². The summed E-state index contributed by atoms with van der Waals surface area (Å²) in [7, 11) is 0. The highest BCUT2D eigenvalue weighted by Crippen LogP contribution is 2.43. The molecular formula is C18H26O2. The average Bonchev–Trinajstić information content (AvgIpc) is 2.37. The van der Waals surface area contributed by atoms with E-state index >= 15 is 0 Å². The van der Waals surface area contributed by atoms with Crippen LogP contribution in [0.15, 0.2) is 24.3 Å². The highest BCUT2D eigenvalue weighted by atomic mass is 16.5. The monoisotopic (exact) mass is 274 g/mol. The number of rotatable bonds is 3. The number of benzene rings is 1. The lowest BCUT2D eigenvalue weighted by molar-refractivity contribution is -0.157. The minimum Gasteiger partial charge on any atom is -0.385 e. The Kier molecular flexibility index (Phi) is 3.64. The van der Waals surface area contributed by atoms with Gasteiger partial charge >= 0.3 is 0 Å². The van der Waals surface area contributed by atoms with Gasteiger partial charge < -0.3 is 9.84 Å². The van der Waals surface area contributed by atoms with E-state index in [1.54, 1.807) is 0 Å². The van der Waals surface area contributed by atoms with Crippen molar-refractivity contribution in [2.75, 3.05) is 6.61 Å². The van der Waals surface area contributed by atoms with Crippen LogP contribution in [0.1, 0.15) is 69.4 Å². The fourth-order valence-electron chi connectivity index (χ4n) is 3.52. The first-order valence-electron chi connectivity index (χ1n) is 8.01. The molecule has 1 aliphatic carbocycles. The van der Waals surface area contributed by atoms with Crippen molar-refractivity contribution in [1.82, 2.24) is 0 Å². The molecule has 0 radical (unpaired) electrons. The Labute approximate surface area is 122 Å². The van der Waals surface area contributed by atoms with Crippen LogP contribution in [0.3, 0.4) is 0 Å². The van der Waals surface area contributed by atoms with Crippen LogP contribution in [0, 0.1) is 0 Å². The SMILES string of the molecule is CCC1(C)CC(O)(c2cccc(C3CCC3)c2)CCO1. The summed E-state index contributed by atoms with van der Waals surface area (Å²) in [5, 5.41) is 11.1. The molecule has 2 nitrogen and oxygen atoms in total. The van der Waals surface area contributed by atoms with E-state index in [2.05, 4.69) is 38.1 Å². The van der Waals surface area contributed by atoms with Crippen LogP contribution < -0.4 is 0 Å². The molecule has 2 unspecified atom stereocenters. The summed E-state index contributed by atoms with van der Waals surface area (Å²) in [5.74, 6) is 0.718. The minimum absolute atomic E-state index is 0.195. The molecule has 0 aromatic heterocycles. The molecule has 2 aliphatic rings. The lowest BCUT2D eigenvalue weighted by atomic mass is 9.75. The van der Waals surface area contributed by atoms with Gasteiger partial charge in [-0.25, -0.2) is 0 Å². The van der Waals surface area contributed by atoms with Gasteiger partial charge in [0.2, 0.25) is 0 Å². The Bertz CT molecular complexity index is 480.